The standard InChI is InChI=1S/C17H13N/c1-2-7-13(8-3-1)18-16-11-5-4-9-14(16)15-10-6-12-17(15)18/h1-5,7-12H,6H2. The van der Waals surface area contributed by atoms with Gasteiger partial charge in [-0.2, -0.15) is 0 Å². The van der Waals surface area contributed by atoms with Gasteiger partial charge in [0.15, 0.2) is 0 Å². The summed E-state index contributed by atoms with van der Waals surface area (Å²) < 4.78 is 2.36. The molecule has 1 aliphatic rings. The number of rotatable bonds is 1. The summed E-state index contributed by atoms with van der Waals surface area (Å²) >= 11 is 0. The van der Waals surface area contributed by atoms with Crippen LogP contribution < -0.4 is 10.6 Å². The summed E-state index contributed by atoms with van der Waals surface area (Å²) in [5, 5.41) is 4.07. The highest BCUT2D eigenvalue weighted by Crippen LogP contribution is 2.15. The molecule has 0 N–H and O–H groups in total. The average Bonchev–Trinajstić information content (AvgIpc) is 2.99. The van der Waals surface area contributed by atoms with Crippen molar-refractivity contribution in [1.29, 1.82) is 0 Å². The highest BCUT2D eigenvalue weighted by Gasteiger charge is 2.10. The Morgan fingerprint density at radius 2 is 1.56 bits per heavy atom. The van der Waals surface area contributed by atoms with Crippen molar-refractivity contribution in [3.63, 3.8) is 0 Å². The van der Waals surface area contributed by atoms with Gasteiger partial charge in [0, 0.05) is 16.3 Å². The van der Waals surface area contributed by atoms with E-state index in [1.54, 1.807) is 0 Å². The number of fused-ring (bicyclic) bond motifs is 3. The van der Waals surface area contributed by atoms with Gasteiger partial charge in [0.1, 0.15) is 0 Å². The van der Waals surface area contributed by atoms with Crippen LogP contribution in [0.25, 0.3) is 28.7 Å². The fraction of sp³-hybridized carbons (Fsp3) is 0.0588. The Hall–Kier alpha value is -2.28. The van der Waals surface area contributed by atoms with Crippen molar-refractivity contribution in [3.05, 3.63) is 65.2 Å². The first kappa shape index (κ1) is 9.72. The van der Waals surface area contributed by atoms with Gasteiger partial charge in [-0.3, -0.25) is 0 Å². The minimum Gasteiger partial charge on any atom is -0.310 e. The molecule has 1 heteroatoms. The Balaban J connectivity index is 2.23. The van der Waals surface area contributed by atoms with Gasteiger partial charge in [0.05, 0.1) is 10.9 Å². The largest absolute Gasteiger partial charge is 0.310 e. The van der Waals surface area contributed by atoms with E-state index in [1.165, 1.54) is 27.2 Å². The smallest absolute Gasteiger partial charge is 0.0540 e. The van der Waals surface area contributed by atoms with Crippen LogP contribution in [0.1, 0.15) is 6.42 Å². The van der Waals surface area contributed by atoms with Gasteiger partial charge in [0.25, 0.3) is 0 Å². The highest BCUT2D eigenvalue weighted by molar-refractivity contribution is 5.85. The molecule has 86 valence electrons. The molecule has 0 amide bonds. The van der Waals surface area contributed by atoms with Crippen LogP contribution in [0.5, 0.6) is 0 Å². The third kappa shape index (κ3) is 1.22. The van der Waals surface area contributed by atoms with Crippen LogP contribution in [0.15, 0.2) is 54.6 Å². The lowest BCUT2D eigenvalue weighted by molar-refractivity contribution is 1.07. The molecule has 1 aromatic heterocycles. The molecule has 1 aliphatic carbocycles. The average molecular weight is 231 g/mol. The summed E-state index contributed by atoms with van der Waals surface area (Å²) in [6, 6.07) is 19.2. The van der Waals surface area contributed by atoms with E-state index in [4.69, 9.17) is 0 Å². The number of hydrogen-bond acceptors (Lipinski definition) is 0. The number of para-hydroxylation sites is 2. The number of hydrogen-bond donors (Lipinski definition) is 0. The summed E-state index contributed by atoms with van der Waals surface area (Å²) in [5.74, 6) is 0. The van der Waals surface area contributed by atoms with E-state index in [0.717, 1.165) is 6.42 Å². The maximum absolute atomic E-state index is 2.36. The van der Waals surface area contributed by atoms with Crippen LogP contribution >= 0.6 is 0 Å². The van der Waals surface area contributed by atoms with E-state index in [1.807, 2.05) is 0 Å². The molecule has 0 unspecified atom stereocenters. The SMILES string of the molecule is C1=c2c(n(-c3ccccc3)c3ccccc23)=CC1. The number of benzene rings is 2. The van der Waals surface area contributed by atoms with E-state index in [0.29, 0.717) is 0 Å². The zero-order chi connectivity index (χ0) is 11.9. The van der Waals surface area contributed by atoms with Crippen molar-refractivity contribution in [2.24, 2.45) is 0 Å². The van der Waals surface area contributed by atoms with Gasteiger partial charge < -0.3 is 4.57 Å². The minimum absolute atomic E-state index is 1.04. The fourth-order valence-corrected chi connectivity index (χ4v) is 2.84. The summed E-state index contributed by atoms with van der Waals surface area (Å²) in [6.45, 7) is 0. The maximum atomic E-state index is 2.36. The normalized spacial score (nSPS) is 13.1. The van der Waals surface area contributed by atoms with Crippen molar-refractivity contribution in [2.45, 2.75) is 6.42 Å². The molecule has 1 nitrogen and oxygen atoms in total. The Kier molecular flexibility index (Phi) is 1.95. The zero-order valence-corrected chi connectivity index (χ0v) is 10.0. The van der Waals surface area contributed by atoms with E-state index < -0.39 is 0 Å². The molecule has 0 radical (unpaired) electrons. The van der Waals surface area contributed by atoms with Gasteiger partial charge in [-0.15, -0.1) is 0 Å². The highest BCUT2D eigenvalue weighted by atomic mass is 15.0. The molecule has 2 aromatic carbocycles. The van der Waals surface area contributed by atoms with Gasteiger partial charge in [-0.1, -0.05) is 48.6 Å². The molecule has 4 rings (SSSR count). The lowest BCUT2D eigenvalue weighted by Crippen LogP contribution is -2.25. The second kappa shape index (κ2) is 3.61. The fourth-order valence-electron chi connectivity index (χ4n) is 2.84. The maximum Gasteiger partial charge on any atom is 0.0540 e. The summed E-state index contributed by atoms with van der Waals surface area (Å²) in [6.07, 6.45) is 5.67. The molecule has 0 fully saturated rings. The summed E-state index contributed by atoms with van der Waals surface area (Å²) in [5.41, 5.74) is 2.53. The number of nitrogens with zero attached hydrogens (tertiary/aromatic N) is 1. The van der Waals surface area contributed by atoms with Crippen LogP contribution in [-0.4, -0.2) is 4.57 Å². The van der Waals surface area contributed by atoms with E-state index in [9.17, 15) is 0 Å². The number of aromatic nitrogens is 1. The van der Waals surface area contributed by atoms with Crippen LogP contribution in [0, 0.1) is 0 Å². The third-order valence-electron chi connectivity index (χ3n) is 3.60. The minimum atomic E-state index is 1.04. The molecule has 0 saturated carbocycles. The van der Waals surface area contributed by atoms with Gasteiger partial charge in [-0.05, 0) is 24.6 Å². The van der Waals surface area contributed by atoms with Crippen molar-refractivity contribution in [1.82, 2.24) is 4.57 Å². The van der Waals surface area contributed by atoms with Crippen molar-refractivity contribution >= 4 is 23.1 Å². The lowest BCUT2D eigenvalue weighted by atomic mass is 10.2. The third-order valence-corrected chi connectivity index (χ3v) is 3.60. The molecule has 3 aromatic rings. The molecule has 0 saturated heterocycles. The second-order valence-electron chi connectivity index (χ2n) is 4.63. The Labute approximate surface area is 105 Å². The monoisotopic (exact) mass is 231 g/mol. The molecule has 0 spiro atoms. The van der Waals surface area contributed by atoms with Crippen molar-refractivity contribution in [2.75, 3.05) is 0 Å². The van der Waals surface area contributed by atoms with E-state index in [-0.39, 0.29) is 0 Å². The quantitative estimate of drug-likeness (QED) is 0.606. The molecule has 18 heavy (non-hydrogen) atoms. The van der Waals surface area contributed by atoms with Crippen LogP contribution in [-0.2, 0) is 0 Å². The first-order valence-corrected chi connectivity index (χ1v) is 6.30. The van der Waals surface area contributed by atoms with Gasteiger partial charge in [-0.25, -0.2) is 0 Å². The Morgan fingerprint density at radius 1 is 0.778 bits per heavy atom. The predicted octanol–water partition coefficient (Wildman–Crippen LogP) is 2.60. The van der Waals surface area contributed by atoms with E-state index >= 15 is 0 Å². The predicted molar refractivity (Wildman–Crippen MR) is 76.1 cm³/mol. The van der Waals surface area contributed by atoms with Crippen molar-refractivity contribution in [3.8, 4) is 5.69 Å². The molecule has 1 heterocycles. The zero-order valence-electron chi connectivity index (χ0n) is 10.0. The van der Waals surface area contributed by atoms with E-state index in [2.05, 4.69) is 71.3 Å². The molecular formula is C17H13N. The topological polar surface area (TPSA) is 4.93 Å². The first-order valence-electron chi connectivity index (χ1n) is 6.30. The Morgan fingerprint density at radius 3 is 2.44 bits per heavy atom. The van der Waals surface area contributed by atoms with Crippen LogP contribution in [0.3, 0.4) is 0 Å². The lowest BCUT2D eigenvalue weighted by Gasteiger charge is -2.05. The first-order chi connectivity index (χ1) is 8.95. The van der Waals surface area contributed by atoms with Crippen LogP contribution in [0.2, 0.25) is 0 Å². The molecule has 0 aliphatic heterocycles. The summed E-state index contributed by atoms with van der Waals surface area (Å²) in [4.78, 5) is 0. The molecule has 0 atom stereocenters. The van der Waals surface area contributed by atoms with Gasteiger partial charge >= 0.3 is 0 Å². The Bertz CT molecular complexity index is 838. The second-order valence-corrected chi connectivity index (χ2v) is 4.63. The summed E-state index contributed by atoms with van der Waals surface area (Å²) in [7, 11) is 0. The van der Waals surface area contributed by atoms with Crippen molar-refractivity contribution < 1.29 is 0 Å². The van der Waals surface area contributed by atoms with Gasteiger partial charge in [0.2, 0.25) is 0 Å². The van der Waals surface area contributed by atoms with Crippen LogP contribution in [0.4, 0.5) is 0 Å². The molecular weight excluding hydrogens is 218 g/mol. The molecule has 0 bridgehead atoms.